The van der Waals surface area contributed by atoms with Gasteiger partial charge < -0.3 is 10.2 Å². The molecular formula is C25H24ClN3O3. The third kappa shape index (κ3) is 4.06. The lowest BCUT2D eigenvalue weighted by Gasteiger charge is -2.30. The van der Waals surface area contributed by atoms with Crippen molar-refractivity contribution in [2.24, 2.45) is 0 Å². The zero-order valence-electron chi connectivity index (χ0n) is 18.0. The largest absolute Gasteiger partial charge is 0.355 e. The first kappa shape index (κ1) is 21.8. The Morgan fingerprint density at radius 2 is 1.75 bits per heavy atom. The van der Waals surface area contributed by atoms with E-state index in [0.29, 0.717) is 22.8 Å². The molecule has 164 valence electrons. The summed E-state index contributed by atoms with van der Waals surface area (Å²) in [7, 11) is 0. The summed E-state index contributed by atoms with van der Waals surface area (Å²) in [6.45, 7) is 4.07. The number of nitrogens with one attached hydrogen (secondary N) is 1. The molecule has 3 amide bonds. The van der Waals surface area contributed by atoms with Gasteiger partial charge in [-0.15, -0.1) is 0 Å². The Labute approximate surface area is 191 Å². The molecule has 32 heavy (non-hydrogen) atoms. The Morgan fingerprint density at radius 1 is 1.06 bits per heavy atom. The molecule has 0 saturated carbocycles. The van der Waals surface area contributed by atoms with E-state index >= 15 is 0 Å². The molecule has 3 aromatic rings. The summed E-state index contributed by atoms with van der Waals surface area (Å²) >= 11 is 5.99. The fraction of sp³-hybridized carbons (Fsp3) is 0.240. The van der Waals surface area contributed by atoms with Crippen LogP contribution in [0.2, 0.25) is 5.02 Å². The van der Waals surface area contributed by atoms with Gasteiger partial charge in [-0.05, 0) is 49.1 Å². The van der Waals surface area contributed by atoms with Gasteiger partial charge in [0, 0.05) is 29.1 Å². The minimum Gasteiger partial charge on any atom is -0.355 e. The number of halogens is 1. The van der Waals surface area contributed by atoms with Crippen LogP contribution in [0.25, 0.3) is 10.8 Å². The van der Waals surface area contributed by atoms with E-state index in [1.54, 1.807) is 25.1 Å². The van der Waals surface area contributed by atoms with Gasteiger partial charge in [-0.1, -0.05) is 48.0 Å². The predicted molar refractivity (Wildman–Crippen MR) is 126 cm³/mol. The topological polar surface area (TPSA) is 69.7 Å². The van der Waals surface area contributed by atoms with Crippen LogP contribution in [-0.2, 0) is 16.1 Å². The van der Waals surface area contributed by atoms with Crippen molar-refractivity contribution in [2.45, 2.75) is 26.4 Å². The number of rotatable bonds is 7. The normalized spacial score (nSPS) is 13.3. The highest BCUT2D eigenvalue weighted by atomic mass is 35.5. The minimum atomic E-state index is -0.700. The molecule has 1 atom stereocenters. The number of likely N-dealkylation sites (N-methyl/N-ethyl adjacent to an activating group) is 1. The molecule has 0 radical (unpaired) electrons. The monoisotopic (exact) mass is 449 g/mol. The Hall–Kier alpha value is -3.38. The highest BCUT2D eigenvalue weighted by molar-refractivity contribution is 6.30. The third-order valence-electron chi connectivity index (χ3n) is 5.73. The summed E-state index contributed by atoms with van der Waals surface area (Å²) in [6.07, 6.45) is 0. The van der Waals surface area contributed by atoms with Crippen molar-refractivity contribution >= 4 is 45.8 Å². The van der Waals surface area contributed by atoms with Gasteiger partial charge in [0.15, 0.2) is 0 Å². The van der Waals surface area contributed by atoms with Crippen molar-refractivity contribution in [3.8, 4) is 0 Å². The molecule has 0 unspecified atom stereocenters. The maximum Gasteiger partial charge on any atom is 0.259 e. The fourth-order valence-electron chi connectivity index (χ4n) is 4.05. The molecule has 0 bridgehead atoms. The molecule has 0 aliphatic carbocycles. The lowest BCUT2D eigenvalue weighted by atomic mass is 10.1. The van der Waals surface area contributed by atoms with E-state index in [1.807, 2.05) is 49.4 Å². The molecule has 4 rings (SSSR count). The van der Waals surface area contributed by atoms with Crippen LogP contribution in [0.1, 0.15) is 29.8 Å². The second-order valence-corrected chi connectivity index (χ2v) is 8.23. The molecule has 1 N–H and O–H groups in total. The van der Waals surface area contributed by atoms with E-state index in [-0.39, 0.29) is 30.8 Å². The number of benzene rings is 3. The van der Waals surface area contributed by atoms with Gasteiger partial charge in [-0.2, -0.15) is 0 Å². The lowest BCUT2D eigenvalue weighted by molar-refractivity contribution is -0.139. The van der Waals surface area contributed by atoms with Gasteiger partial charge in [0.05, 0.1) is 5.69 Å². The zero-order valence-corrected chi connectivity index (χ0v) is 18.7. The lowest BCUT2D eigenvalue weighted by Crippen LogP contribution is -2.50. The standard InChI is InChI=1S/C25H24ClN3O3/c1-3-27-24(31)16(2)28(14-17-10-12-19(26)13-11-17)22(30)15-29-21-9-5-7-18-6-4-8-20(23(18)21)25(29)32/h4-13,16H,3,14-15H2,1-2H3,(H,27,31)/t16-/m0/s1. The van der Waals surface area contributed by atoms with Crippen LogP contribution in [0.4, 0.5) is 5.69 Å². The third-order valence-corrected chi connectivity index (χ3v) is 5.98. The van der Waals surface area contributed by atoms with Crippen LogP contribution in [0.5, 0.6) is 0 Å². The second kappa shape index (κ2) is 9.01. The average Bonchev–Trinajstić information content (AvgIpc) is 3.06. The molecular weight excluding hydrogens is 426 g/mol. The number of carbonyl (C=O) groups is 3. The molecule has 0 fully saturated rings. The zero-order chi connectivity index (χ0) is 22.8. The van der Waals surface area contributed by atoms with Crippen molar-refractivity contribution in [1.29, 1.82) is 0 Å². The van der Waals surface area contributed by atoms with E-state index in [1.165, 1.54) is 9.80 Å². The second-order valence-electron chi connectivity index (χ2n) is 7.79. The molecule has 0 saturated heterocycles. The fourth-order valence-corrected chi connectivity index (χ4v) is 4.18. The highest BCUT2D eigenvalue weighted by Gasteiger charge is 2.34. The molecule has 1 aliphatic rings. The first-order valence-corrected chi connectivity index (χ1v) is 10.9. The molecule has 6 nitrogen and oxygen atoms in total. The number of hydrogen-bond acceptors (Lipinski definition) is 3. The molecule has 3 aromatic carbocycles. The molecule has 1 heterocycles. The van der Waals surface area contributed by atoms with Crippen LogP contribution >= 0.6 is 11.6 Å². The van der Waals surface area contributed by atoms with Gasteiger partial charge in [0.2, 0.25) is 11.8 Å². The van der Waals surface area contributed by atoms with Crippen LogP contribution in [-0.4, -0.2) is 41.8 Å². The van der Waals surface area contributed by atoms with Crippen molar-refractivity contribution < 1.29 is 14.4 Å². The summed E-state index contributed by atoms with van der Waals surface area (Å²) in [5.41, 5.74) is 2.15. The number of nitrogens with zero attached hydrogens (tertiary/aromatic N) is 2. The first-order valence-electron chi connectivity index (χ1n) is 10.6. The number of hydrogen-bond donors (Lipinski definition) is 1. The van der Waals surface area contributed by atoms with Crippen LogP contribution in [0.15, 0.2) is 60.7 Å². The van der Waals surface area contributed by atoms with E-state index in [4.69, 9.17) is 11.6 Å². The minimum absolute atomic E-state index is 0.149. The van der Waals surface area contributed by atoms with E-state index < -0.39 is 6.04 Å². The van der Waals surface area contributed by atoms with Crippen LogP contribution < -0.4 is 10.2 Å². The Morgan fingerprint density at radius 3 is 2.44 bits per heavy atom. The SMILES string of the molecule is CCNC(=O)[C@H](C)N(Cc1ccc(Cl)cc1)C(=O)CN1C(=O)c2cccc3cccc1c23. The van der Waals surface area contributed by atoms with Gasteiger partial charge >= 0.3 is 0 Å². The smallest absolute Gasteiger partial charge is 0.259 e. The van der Waals surface area contributed by atoms with Crippen LogP contribution in [0.3, 0.4) is 0 Å². The Bertz CT molecular complexity index is 1190. The molecule has 1 aliphatic heterocycles. The van der Waals surface area contributed by atoms with Gasteiger partial charge in [0.1, 0.15) is 12.6 Å². The molecule has 0 aromatic heterocycles. The summed E-state index contributed by atoms with van der Waals surface area (Å²) < 4.78 is 0. The predicted octanol–water partition coefficient (Wildman–Crippen LogP) is 4.01. The number of carbonyl (C=O) groups excluding carboxylic acids is 3. The van der Waals surface area contributed by atoms with E-state index in [9.17, 15) is 14.4 Å². The molecule has 0 spiro atoms. The van der Waals surface area contributed by atoms with Crippen molar-refractivity contribution in [1.82, 2.24) is 10.2 Å². The maximum absolute atomic E-state index is 13.5. The van der Waals surface area contributed by atoms with E-state index in [2.05, 4.69) is 5.32 Å². The highest BCUT2D eigenvalue weighted by Crippen LogP contribution is 2.37. The van der Waals surface area contributed by atoms with Crippen molar-refractivity contribution in [3.05, 3.63) is 76.8 Å². The Kier molecular flexibility index (Phi) is 6.15. The first-order chi connectivity index (χ1) is 15.4. The van der Waals surface area contributed by atoms with Gasteiger partial charge in [-0.3, -0.25) is 19.3 Å². The summed E-state index contributed by atoms with van der Waals surface area (Å²) in [5.74, 6) is -0.757. The summed E-state index contributed by atoms with van der Waals surface area (Å²) in [6, 6.07) is 17.7. The summed E-state index contributed by atoms with van der Waals surface area (Å²) in [5, 5.41) is 5.18. The Balaban J connectivity index is 1.62. The van der Waals surface area contributed by atoms with Crippen molar-refractivity contribution in [2.75, 3.05) is 18.0 Å². The number of amides is 3. The van der Waals surface area contributed by atoms with Gasteiger partial charge in [-0.25, -0.2) is 0 Å². The quantitative estimate of drug-likeness (QED) is 0.592. The van der Waals surface area contributed by atoms with Crippen LogP contribution in [0, 0.1) is 0 Å². The number of anilines is 1. The average molecular weight is 450 g/mol. The van der Waals surface area contributed by atoms with E-state index in [0.717, 1.165) is 16.3 Å². The van der Waals surface area contributed by atoms with Gasteiger partial charge in [0.25, 0.3) is 5.91 Å². The molecule has 7 heteroatoms. The summed E-state index contributed by atoms with van der Waals surface area (Å²) in [4.78, 5) is 42.1. The van der Waals surface area contributed by atoms with Crippen molar-refractivity contribution in [3.63, 3.8) is 0 Å². The maximum atomic E-state index is 13.5.